The van der Waals surface area contributed by atoms with Gasteiger partial charge in [-0.15, -0.1) is 0 Å². The zero-order chi connectivity index (χ0) is 18.7. The minimum absolute atomic E-state index is 0.0386. The molecule has 1 atom stereocenters. The van der Waals surface area contributed by atoms with Crippen molar-refractivity contribution in [2.45, 2.75) is 31.6 Å². The third-order valence-corrected chi connectivity index (χ3v) is 5.44. The third kappa shape index (κ3) is 4.06. The van der Waals surface area contributed by atoms with Crippen LogP contribution in [0.5, 0.6) is 5.75 Å². The molecule has 0 saturated carbocycles. The number of aromatic hydroxyl groups is 1. The van der Waals surface area contributed by atoms with Gasteiger partial charge in [-0.1, -0.05) is 6.58 Å². The molecule has 1 unspecified atom stereocenters. The van der Waals surface area contributed by atoms with Crippen LogP contribution in [0.1, 0.15) is 37.2 Å². The molecule has 2 aliphatic heterocycles. The van der Waals surface area contributed by atoms with Crippen LogP contribution in [0.3, 0.4) is 0 Å². The van der Waals surface area contributed by atoms with E-state index in [1.807, 2.05) is 4.90 Å². The summed E-state index contributed by atoms with van der Waals surface area (Å²) in [6, 6.07) is 4.12. The quantitative estimate of drug-likeness (QED) is 0.843. The van der Waals surface area contributed by atoms with E-state index < -0.39 is 5.82 Å². The van der Waals surface area contributed by atoms with Gasteiger partial charge in [-0.25, -0.2) is 4.39 Å². The molecule has 0 spiro atoms. The van der Waals surface area contributed by atoms with Crippen LogP contribution in [0.25, 0.3) is 0 Å². The van der Waals surface area contributed by atoms with Crippen LogP contribution in [0.4, 0.5) is 4.39 Å². The van der Waals surface area contributed by atoms with Crippen molar-refractivity contribution in [1.29, 1.82) is 0 Å². The topological polar surface area (TPSA) is 60.9 Å². The molecule has 0 aromatic heterocycles. The van der Waals surface area contributed by atoms with Gasteiger partial charge in [-0.2, -0.15) is 0 Å². The first-order valence-electron chi connectivity index (χ1n) is 9.17. The first-order valence-corrected chi connectivity index (χ1v) is 9.17. The van der Waals surface area contributed by atoms with Crippen LogP contribution in [-0.2, 0) is 9.59 Å². The average Bonchev–Trinajstić information content (AvgIpc) is 2.66. The Morgan fingerprint density at radius 2 is 1.85 bits per heavy atom. The van der Waals surface area contributed by atoms with Gasteiger partial charge in [0.25, 0.3) is 0 Å². The van der Waals surface area contributed by atoms with Gasteiger partial charge >= 0.3 is 0 Å². The van der Waals surface area contributed by atoms with E-state index in [4.69, 9.17) is 0 Å². The second-order valence-corrected chi connectivity index (χ2v) is 7.17. The van der Waals surface area contributed by atoms with Crippen LogP contribution >= 0.6 is 0 Å². The van der Waals surface area contributed by atoms with Gasteiger partial charge in [0.2, 0.25) is 11.8 Å². The highest BCUT2D eigenvalue weighted by molar-refractivity contribution is 5.87. The first kappa shape index (κ1) is 18.4. The molecule has 0 radical (unpaired) electrons. The lowest BCUT2D eigenvalue weighted by molar-refractivity contribution is -0.140. The SMILES string of the molecule is C=CC(=O)N1CCC(C(=O)N2CCCC(c3cc(O)cc(F)c3)C2)CC1. The van der Waals surface area contributed by atoms with Crippen molar-refractivity contribution < 1.29 is 19.1 Å². The molecule has 2 heterocycles. The van der Waals surface area contributed by atoms with Gasteiger partial charge in [0.1, 0.15) is 11.6 Å². The maximum absolute atomic E-state index is 13.6. The number of benzene rings is 1. The summed E-state index contributed by atoms with van der Waals surface area (Å²) in [5.74, 6) is -0.522. The molecular formula is C20H25FN2O3. The fourth-order valence-corrected chi connectivity index (χ4v) is 4.02. The Bertz CT molecular complexity index is 678. The van der Waals surface area contributed by atoms with Gasteiger partial charge in [0, 0.05) is 44.1 Å². The van der Waals surface area contributed by atoms with E-state index in [2.05, 4.69) is 6.58 Å². The smallest absolute Gasteiger partial charge is 0.245 e. The van der Waals surface area contributed by atoms with Crippen molar-refractivity contribution in [1.82, 2.24) is 9.80 Å². The van der Waals surface area contributed by atoms with E-state index in [0.717, 1.165) is 24.5 Å². The van der Waals surface area contributed by atoms with Gasteiger partial charge in [0.05, 0.1) is 0 Å². The third-order valence-electron chi connectivity index (χ3n) is 5.44. The zero-order valence-electron chi connectivity index (χ0n) is 14.9. The van der Waals surface area contributed by atoms with E-state index in [9.17, 15) is 19.1 Å². The highest BCUT2D eigenvalue weighted by atomic mass is 19.1. The average molecular weight is 360 g/mol. The molecule has 3 rings (SSSR count). The van der Waals surface area contributed by atoms with Gasteiger partial charge < -0.3 is 14.9 Å². The normalized spacial score (nSPS) is 21.5. The van der Waals surface area contributed by atoms with E-state index >= 15 is 0 Å². The Kier molecular flexibility index (Phi) is 5.59. The number of piperidine rings is 2. The lowest BCUT2D eigenvalue weighted by atomic mass is 9.88. The number of nitrogens with zero attached hydrogens (tertiary/aromatic N) is 2. The number of hydrogen-bond donors (Lipinski definition) is 1. The highest BCUT2D eigenvalue weighted by Gasteiger charge is 2.32. The van der Waals surface area contributed by atoms with E-state index in [1.54, 1.807) is 11.0 Å². The Morgan fingerprint density at radius 1 is 1.12 bits per heavy atom. The Labute approximate surface area is 153 Å². The number of halogens is 1. The Morgan fingerprint density at radius 3 is 2.50 bits per heavy atom. The summed E-state index contributed by atoms with van der Waals surface area (Å²) in [5.41, 5.74) is 0.742. The van der Waals surface area contributed by atoms with Crippen LogP contribution < -0.4 is 0 Å². The summed E-state index contributed by atoms with van der Waals surface area (Å²) in [7, 11) is 0. The molecule has 6 heteroatoms. The Balaban J connectivity index is 1.61. The number of phenols is 1. The molecule has 1 aromatic carbocycles. The monoisotopic (exact) mass is 360 g/mol. The number of rotatable bonds is 3. The van der Waals surface area contributed by atoms with Crippen molar-refractivity contribution in [3.05, 3.63) is 42.2 Å². The lowest BCUT2D eigenvalue weighted by Gasteiger charge is -2.37. The molecule has 1 N–H and O–H groups in total. The summed E-state index contributed by atoms with van der Waals surface area (Å²) in [5, 5.41) is 9.63. The minimum Gasteiger partial charge on any atom is -0.508 e. The number of carbonyl (C=O) groups is 2. The van der Waals surface area contributed by atoms with E-state index in [-0.39, 0.29) is 29.4 Å². The largest absolute Gasteiger partial charge is 0.508 e. The lowest BCUT2D eigenvalue weighted by Crippen LogP contribution is -2.46. The zero-order valence-corrected chi connectivity index (χ0v) is 14.9. The van der Waals surface area contributed by atoms with E-state index in [1.165, 1.54) is 12.1 Å². The Hall–Kier alpha value is -2.37. The predicted molar refractivity (Wildman–Crippen MR) is 96.1 cm³/mol. The second-order valence-electron chi connectivity index (χ2n) is 7.17. The molecular weight excluding hydrogens is 335 g/mol. The molecule has 2 amide bonds. The predicted octanol–water partition coefficient (Wildman–Crippen LogP) is 2.66. The summed E-state index contributed by atoms with van der Waals surface area (Å²) >= 11 is 0. The summed E-state index contributed by atoms with van der Waals surface area (Å²) in [6.45, 7) is 5.92. The van der Waals surface area contributed by atoms with E-state index in [0.29, 0.717) is 39.0 Å². The maximum atomic E-state index is 13.6. The second kappa shape index (κ2) is 7.89. The van der Waals surface area contributed by atoms with Crippen molar-refractivity contribution in [2.24, 2.45) is 5.92 Å². The van der Waals surface area contributed by atoms with Gasteiger partial charge in [0.15, 0.2) is 0 Å². The molecule has 0 bridgehead atoms. The van der Waals surface area contributed by atoms with Crippen LogP contribution in [0.2, 0.25) is 0 Å². The number of amides is 2. The van der Waals surface area contributed by atoms with Crippen LogP contribution in [-0.4, -0.2) is 52.9 Å². The fourth-order valence-electron chi connectivity index (χ4n) is 4.02. The molecule has 140 valence electrons. The van der Waals surface area contributed by atoms with Gasteiger partial charge in [-0.05, 0) is 49.5 Å². The van der Waals surface area contributed by atoms with Crippen LogP contribution in [0, 0.1) is 11.7 Å². The summed E-state index contributed by atoms with van der Waals surface area (Å²) in [4.78, 5) is 28.1. The number of carbonyl (C=O) groups excluding carboxylic acids is 2. The van der Waals surface area contributed by atoms with Crippen molar-refractivity contribution >= 4 is 11.8 Å². The fraction of sp³-hybridized carbons (Fsp3) is 0.500. The maximum Gasteiger partial charge on any atom is 0.245 e. The summed E-state index contributed by atoms with van der Waals surface area (Å²) < 4.78 is 13.6. The number of hydrogen-bond acceptors (Lipinski definition) is 3. The molecule has 0 aliphatic carbocycles. The standard InChI is InChI=1S/C20H25FN2O3/c1-2-19(25)22-8-5-14(6-9-22)20(26)23-7-3-4-15(13-23)16-10-17(21)12-18(24)11-16/h2,10-12,14-15,24H,1,3-9,13H2. The molecule has 5 nitrogen and oxygen atoms in total. The molecule has 1 aromatic rings. The molecule has 2 fully saturated rings. The van der Waals surface area contributed by atoms with Crippen molar-refractivity contribution in [3.63, 3.8) is 0 Å². The number of phenolic OH excluding ortho intramolecular Hbond substituents is 1. The molecule has 2 aliphatic rings. The molecule has 2 saturated heterocycles. The molecule has 26 heavy (non-hydrogen) atoms. The van der Waals surface area contributed by atoms with Crippen LogP contribution in [0.15, 0.2) is 30.9 Å². The summed E-state index contributed by atoms with van der Waals surface area (Å²) in [6.07, 6.45) is 4.38. The van der Waals surface area contributed by atoms with Crippen molar-refractivity contribution in [3.8, 4) is 5.75 Å². The number of likely N-dealkylation sites (tertiary alicyclic amines) is 2. The highest BCUT2D eigenvalue weighted by Crippen LogP contribution is 2.31. The van der Waals surface area contributed by atoms with Gasteiger partial charge in [-0.3, -0.25) is 9.59 Å². The minimum atomic E-state index is -0.456. The van der Waals surface area contributed by atoms with Crippen molar-refractivity contribution in [2.75, 3.05) is 26.2 Å². The first-order chi connectivity index (χ1) is 12.5.